The third kappa shape index (κ3) is 5.41. The Labute approximate surface area is 196 Å². The van der Waals surface area contributed by atoms with Crippen molar-refractivity contribution >= 4 is 32.7 Å². The van der Waals surface area contributed by atoms with Gasteiger partial charge in [0.2, 0.25) is 0 Å². The summed E-state index contributed by atoms with van der Waals surface area (Å²) in [5, 5.41) is 2.09. The Morgan fingerprint density at radius 2 is 2.03 bits per heavy atom. The van der Waals surface area contributed by atoms with Gasteiger partial charge in [-0.1, -0.05) is 17.8 Å². The first kappa shape index (κ1) is 24.8. The van der Waals surface area contributed by atoms with Crippen molar-refractivity contribution in [3.8, 4) is 0 Å². The number of sulfonamides is 1. The Hall–Kier alpha value is -2.79. The lowest BCUT2D eigenvalue weighted by Gasteiger charge is -2.26. The molecule has 3 rings (SSSR count). The van der Waals surface area contributed by atoms with Gasteiger partial charge in [0.15, 0.2) is 16.4 Å². The van der Waals surface area contributed by atoms with Crippen molar-refractivity contribution in [3.05, 3.63) is 70.2 Å². The number of aliphatic imine (C=N–C) groups is 1. The molecule has 0 saturated heterocycles. The highest BCUT2D eigenvalue weighted by molar-refractivity contribution is 8.16. The minimum absolute atomic E-state index is 0.0230. The summed E-state index contributed by atoms with van der Waals surface area (Å²) >= 11 is 1.25. The molecule has 0 bridgehead atoms. The summed E-state index contributed by atoms with van der Waals surface area (Å²) in [6.07, 6.45) is 4.41. The van der Waals surface area contributed by atoms with Crippen LogP contribution in [-0.4, -0.2) is 33.7 Å². The molecule has 0 spiro atoms. The minimum atomic E-state index is -3.77. The molecular weight excluding hydrogens is 465 g/mol. The van der Waals surface area contributed by atoms with Crippen LogP contribution in [0.5, 0.6) is 0 Å². The van der Waals surface area contributed by atoms with Crippen molar-refractivity contribution in [2.24, 2.45) is 22.2 Å². The number of amidine groups is 1. The molecular formula is C22H26FN5O3S2. The Kier molecular flexibility index (Phi) is 6.67. The molecule has 0 aliphatic carbocycles. The number of aromatic nitrogens is 2. The minimum Gasteiger partial charge on any atom is -0.378 e. The van der Waals surface area contributed by atoms with E-state index in [1.807, 2.05) is 0 Å². The molecule has 1 aromatic heterocycles. The van der Waals surface area contributed by atoms with Crippen LogP contribution in [0.25, 0.3) is 0 Å². The molecule has 1 aromatic carbocycles. The van der Waals surface area contributed by atoms with E-state index in [0.717, 1.165) is 0 Å². The zero-order chi connectivity index (χ0) is 24.6. The van der Waals surface area contributed by atoms with Crippen LogP contribution in [0, 0.1) is 5.82 Å². The van der Waals surface area contributed by atoms with Gasteiger partial charge in [-0.05, 0) is 56.9 Å². The van der Waals surface area contributed by atoms with E-state index in [0.29, 0.717) is 16.3 Å². The third-order valence-corrected chi connectivity index (χ3v) is 7.71. The van der Waals surface area contributed by atoms with Crippen LogP contribution in [-0.2, 0) is 29.0 Å². The van der Waals surface area contributed by atoms with Crippen LogP contribution in [0.4, 0.5) is 4.39 Å². The van der Waals surface area contributed by atoms with Gasteiger partial charge in [-0.3, -0.25) is 4.79 Å². The summed E-state index contributed by atoms with van der Waals surface area (Å²) in [7, 11) is -2.18. The molecule has 176 valence electrons. The van der Waals surface area contributed by atoms with E-state index in [2.05, 4.69) is 14.4 Å². The number of benzene rings is 1. The fourth-order valence-corrected chi connectivity index (χ4v) is 4.43. The van der Waals surface area contributed by atoms with Gasteiger partial charge in [-0.2, -0.15) is 0 Å². The van der Waals surface area contributed by atoms with Gasteiger partial charge < -0.3 is 10.3 Å². The monoisotopic (exact) mass is 491 g/mol. The number of aryl methyl sites for hydroxylation is 1. The molecule has 1 atom stereocenters. The van der Waals surface area contributed by atoms with E-state index in [1.54, 1.807) is 52.3 Å². The van der Waals surface area contributed by atoms with Gasteiger partial charge in [0.05, 0.1) is 10.9 Å². The van der Waals surface area contributed by atoms with Gasteiger partial charge in [0.1, 0.15) is 17.1 Å². The van der Waals surface area contributed by atoms with Gasteiger partial charge in [0.25, 0.3) is 10.0 Å². The molecule has 0 radical (unpaired) electrons. The maximum absolute atomic E-state index is 14.6. The van der Waals surface area contributed by atoms with Gasteiger partial charge >= 0.3 is 0 Å². The highest BCUT2D eigenvalue weighted by atomic mass is 32.2. The summed E-state index contributed by atoms with van der Waals surface area (Å²) < 4.78 is 43.5. The fourth-order valence-electron chi connectivity index (χ4n) is 3.02. The van der Waals surface area contributed by atoms with Crippen LogP contribution in [0.2, 0.25) is 0 Å². The largest absolute Gasteiger partial charge is 0.378 e. The topological polar surface area (TPSA) is 120 Å². The maximum Gasteiger partial charge on any atom is 0.260 e. The number of Topliss-reactive ketones (excluding diaryl/α,β-unsaturated/α-hetero) is 1. The molecule has 1 aliphatic heterocycles. The lowest BCUT2D eigenvalue weighted by Crippen LogP contribution is -2.30. The number of carbonyl (C=O) groups is 1. The maximum atomic E-state index is 14.6. The van der Waals surface area contributed by atoms with Crippen molar-refractivity contribution in [3.63, 3.8) is 0 Å². The molecule has 0 unspecified atom stereocenters. The van der Waals surface area contributed by atoms with Crippen LogP contribution in [0.15, 0.2) is 51.5 Å². The molecule has 0 saturated carbocycles. The summed E-state index contributed by atoms with van der Waals surface area (Å²) in [5.74, 6) is -0.756. The number of carbonyl (C=O) groups excluding carboxylic acids is 1. The lowest BCUT2D eigenvalue weighted by atomic mass is 9.90. The average molecular weight is 492 g/mol. The number of hydrogen-bond donors (Lipinski definition) is 1. The highest BCUT2D eigenvalue weighted by Gasteiger charge is 2.30. The fraction of sp³-hybridized carbons (Fsp3) is 0.364. The molecule has 0 fully saturated rings. The number of thioether (sulfide) groups is 1. The molecule has 1 aliphatic rings. The Morgan fingerprint density at radius 3 is 2.64 bits per heavy atom. The zero-order valence-corrected chi connectivity index (χ0v) is 20.7. The molecule has 2 N–H and O–H groups in total. The predicted molar refractivity (Wildman–Crippen MR) is 128 cm³/mol. The van der Waals surface area contributed by atoms with E-state index in [-0.39, 0.29) is 23.4 Å². The van der Waals surface area contributed by atoms with E-state index in [1.165, 1.54) is 40.9 Å². The summed E-state index contributed by atoms with van der Waals surface area (Å²) in [5.41, 5.74) is 5.99. The van der Waals surface area contributed by atoms with Crippen LogP contribution in [0.1, 0.15) is 49.3 Å². The molecule has 2 heterocycles. The number of hydrogen-bond acceptors (Lipinski definition) is 7. The first-order chi connectivity index (χ1) is 15.2. The Morgan fingerprint density at radius 1 is 1.33 bits per heavy atom. The first-order valence-corrected chi connectivity index (χ1v) is 12.4. The van der Waals surface area contributed by atoms with Gasteiger partial charge in [-0.15, -0.1) is 4.40 Å². The normalized spacial score (nSPS) is 19.5. The summed E-state index contributed by atoms with van der Waals surface area (Å²) in [6.45, 7) is 6.40. The van der Waals surface area contributed by atoms with E-state index < -0.39 is 26.1 Å². The number of nitrogens with two attached hydrogens (primary N) is 1. The number of ketones is 1. The molecule has 0 amide bonds. The van der Waals surface area contributed by atoms with Crippen molar-refractivity contribution in [1.29, 1.82) is 0 Å². The molecule has 11 heteroatoms. The van der Waals surface area contributed by atoms with E-state index >= 15 is 0 Å². The average Bonchev–Trinajstić information content (AvgIpc) is 2.69. The molecule has 2 aromatic rings. The van der Waals surface area contributed by atoms with Crippen molar-refractivity contribution < 1.29 is 17.6 Å². The second-order valence-corrected chi connectivity index (χ2v) is 12.1. The Balaban J connectivity index is 1.89. The predicted octanol–water partition coefficient (Wildman–Crippen LogP) is 2.80. The lowest BCUT2D eigenvalue weighted by molar-refractivity contribution is 0.0987. The number of nitrogens with zero attached hydrogens (tertiary/aromatic N) is 4. The Bertz CT molecular complexity index is 1340. The highest BCUT2D eigenvalue weighted by Crippen LogP contribution is 2.34. The van der Waals surface area contributed by atoms with Gasteiger partial charge in [-0.25, -0.2) is 22.8 Å². The number of rotatable bonds is 5. The van der Waals surface area contributed by atoms with Gasteiger partial charge in [0, 0.05) is 25.2 Å². The molecule has 33 heavy (non-hydrogen) atoms. The second kappa shape index (κ2) is 8.86. The van der Waals surface area contributed by atoms with Crippen LogP contribution in [0.3, 0.4) is 0 Å². The molecule has 8 nitrogen and oxygen atoms in total. The van der Waals surface area contributed by atoms with E-state index in [4.69, 9.17) is 5.73 Å². The van der Waals surface area contributed by atoms with Crippen LogP contribution >= 0.6 is 11.8 Å². The number of halogens is 1. The summed E-state index contributed by atoms with van der Waals surface area (Å²) in [4.78, 5) is 21.3. The second-order valence-electron chi connectivity index (χ2n) is 8.85. The smallest absolute Gasteiger partial charge is 0.260 e. The first-order valence-electron chi connectivity index (χ1n) is 10.1. The summed E-state index contributed by atoms with van der Waals surface area (Å²) in [6, 6.07) is 4.44. The zero-order valence-electron chi connectivity index (χ0n) is 19.0. The quantitative estimate of drug-likeness (QED) is 0.642. The SMILES string of the molecule is Cn1cc(C(=O)Cc2ccc(F)c([C@]3(C)C=CSC(N)=N3)c2)ncc1=NS(=O)(=O)C(C)(C)C. The third-order valence-electron chi connectivity index (χ3n) is 5.13. The van der Waals surface area contributed by atoms with Crippen molar-refractivity contribution in [1.82, 2.24) is 9.55 Å². The standard InChI is InChI=1S/C22H26FN5O3S2/c1-21(2,3)33(30,31)27-19-12-25-17(13-28(19)5)18(29)11-14-6-7-16(23)15(10-14)22(4)8-9-32-20(24)26-22/h6-10,12-13H,11H2,1-5H3,(H2,24,26)/t22-/m0/s1. The van der Waals surface area contributed by atoms with E-state index in [9.17, 15) is 17.6 Å². The van der Waals surface area contributed by atoms with Crippen LogP contribution < -0.4 is 11.2 Å². The van der Waals surface area contributed by atoms with Crippen molar-refractivity contribution in [2.45, 2.75) is 44.4 Å². The van der Waals surface area contributed by atoms with Crippen molar-refractivity contribution in [2.75, 3.05) is 0 Å².